The monoisotopic (exact) mass is 284 g/mol. The maximum absolute atomic E-state index is 12.8. The molecule has 4 nitrogen and oxygen atoms in total. The van der Waals surface area contributed by atoms with Crippen molar-refractivity contribution in [3.8, 4) is 0 Å². The van der Waals surface area contributed by atoms with Crippen LogP contribution in [0.1, 0.15) is 40.3 Å². The number of rotatable bonds is 4. The van der Waals surface area contributed by atoms with Crippen LogP contribution in [0.4, 0.5) is 5.69 Å². The molecule has 4 heteroatoms. The number of hydrogen-bond donors (Lipinski definition) is 1. The number of nitrogens with two attached hydrogens (primary N) is 1. The van der Waals surface area contributed by atoms with Crippen LogP contribution < -0.4 is 5.73 Å². The predicted molar refractivity (Wildman–Crippen MR) is 81.9 cm³/mol. The van der Waals surface area contributed by atoms with Crippen molar-refractivity contribution in [3.05, 3.63) is 53.0 Å². The molecule has 0 spiro atoms. The van der Waals surface area contributed by atoms with Gasteiger partial charge in [0, 0.05) is 17.3 Å². The molecular formula is C17H20N2O2. The molecule has 1 fully saturated rings. The Morgan fingerprint density at radius 3 is 2.62 bits per heavy atom. The minimum atomic E-state index is 0.0593. The molecule has 0 aliphatic heterocycles. The summed E-state index contributed by atoms with van der Waals surface area (Å²) in [6, 6.07) is 9.64. The van der Waals surface area contributed by atoms with Crippen molar-refractivity contribution in [1.82, 2.24) is 4.90 Å². The van der Waals surface area contributed by atoms with E-state index in [0.717, 1.165) is 35.5 Å². The molecular weight excluding hydrogens is 264 g/mol. The van der Waals surface area contributed by atoms with Crippen LogP contribution in [0, 0.1) is 13.8 Å². The van der Waals surface area contributed by atoms with Crippen molar-refractivity contribution in [2.75, 3.05) is 5.73 Å². The summed E-state index contributed by atoms with van der Waals surface area (Å²) >= 11 is 0. The van der Waals surface area contributed by atoms with Gasteiger partial charge in [-0.15, -0.1) is 0 Å². The lowest BCUT2D eigenvalue weighted by Crippen LogP contribution is -2.33. The summed E-state index contributed by atoms with van der Waals surface area (Å²) in [6.07, 6.45) is 2.14. The SMILES string of the molecule is Cc1ccc(CN(C(=O)c2ccc(N)cc2C)C2CC2)o1. The van der Waals surface area contributed by atoms with E-state index in [0.29, 0.717) is 18.3 Å². The fourth-order valence-corrected chi connectivity index (χ4v) is 2.57. The van der Waals surface area contributed by atoms with Gasteiger partial charge in [-0.25, -0.2) is 0 Å². The lowest BCUT2D eigenvalue weighted by atomic mass is 10.1. The van der Waals surface area contributed by atoms with Crippen LogP contribution in [0.3, 0.4) is 0 Å². The third kappa shape index (κ3) is 2.94. The van der Waals surface area contributed by atoms with E-state index in [1.54, 1.807) is 6.07 Å². The van der Waals surface area contributed by atoms with E-state index in [4.69, 9.17) is 10.2 Å². The van der Waals surface area contributed by atoms with Gasteiger partial charge in [0.05, 0.1) is 6.54 Å². The molecule has 1 aromatic carbocycles. The Morgan fingerprint density at radius 1 is 1.29 bits per heavy atom. The molecule has 1 amide bonds. The highest BCUT2D eigenvalue weighted by Crippen LogP contribution is 2.31. The quantitative estimate of drug-likeness (QED) is 0.876. The van der Waals surface area contributed by atoms with Gasteiger partial charge in [0.2, 0.25) is 0 Å². The Kier molecular flexibility index (Phi) is 3.45. The number of nitrogen functional groups attached to an aromatic ring is 1. The molecule has 0 radical (unpaired) electrons. The van der Waals surface area contributed by atoms with E-state index < -0.39 is 0 Å². The molecule has 2 aromatic rings. The van der Waals surface area contributed by atoms with Crippen LogP contribution in [-0.4, -0.2) is 16.8 Å². The topological polar surface area (TPSA) is 59.5 Å². The highest BCUT2D eigenvalue weighted by Gasteiger charge is 2.34. The molecule has 1 aromatic heterocycles. The van der Waals surface area contributed by atoms with Gasteiger partial charge in [0.15, 0.2) is 0 Å². The van der Waals surface area contributed by atoms with Gasteiger partial charge in [-0.05, 0) is 62.6 Å². The van der Waals surface area contributed by atoms with Crippen LogP contribution in [-0.2, 0) is 6.54 Å². The number of hydrogen-bond acceptors (Lipinski definition) is 3. The molecule has 1 aliphatic rings. The second-order valence-corrected chi connectivity index (χ2v) is 5.75. The normalized spacial score (nSPS) is 14.2. The summed E-state index contributed by atoms with van der Waals surface area (Å²) in [4.78, 5) is 14.7. The number of nitrogens with zero attached hydrogens (tertiary/aromatic N) is 1. The van der Waals surface area contributed by atoms with Crippen LogP contribution in [0.15, 0.2) is 34.7 Å². The molecule has 21 heavy (non-hydrogen) atoms. The van der Waals surface area contributed by atoms with Crippen LogP contribution in [0.2, 0.25) is 0 Å². The zero-order chi connectivity index (χ0) is 15.0. The number of aryl methyl sites for hydroxylation is 2. The van der Waals surface area contributed by atoms with E-state index in [9.17, 15) is 4.79 Å². The maximum Gasteiger partial charge on any atom is 0.254 e. The van der Waals surface area contributed by atoms with E-state index in [1.165, 1.54) is 0 Å². The minimum Gasteiger partial charge on any atom is -0.464 e. The molecule has 0 unspecified atom stereocenters. The lowest BCUT2D eigenvalue weighted by Gasteiger charge is -2.22. The molecule has 3 rings (SSSR count). The van der Waals surface area contributed by atoms with Crippen molar-refractivity contribution in [2.45, 2.75) is 39.3 Å². The predicted octanol–water partition coefficient (Wildman–Crippen LogP) is 3.28. The Labute approximate surface area is 124 Å². The molecule has 2 N–H and O–H groups in total. The zero-order valence-corrected chi connectivity index (χ0v) is 12.4. The Hall–Kier alpha value is -2.23. The highest BCUT2D eigenvalue weighted by molar-refractivity contribution is 5.96. The molecule has 0 bridgehead atoms. The van der Waals surface area contributed by atoms with Gasteiger partial charge >= 0.3 is 0 Å². The van der Waals surface area contributed by atoms with Crippen molar-refractivity contribution in [2.24, 2.45) is 0 Å². The Bertz CT molecular complexity index is 671. The highest BCUT2D eigenvalue weighted by atomic mass is 16.3. The molecule has 0 atom stereocenters. The molecule has 0 saturated heterocycles. The second-order valence-electron chi connectivity index (χ2n) is 5.75. The maximum atomic E-state index is 12.8. The third-order valence-corrected chi connectivity index (χ3v) is 3.85. The van der Waals surface area contributed by atoms with Gasteiger partial charge < -0.3 is 15.1 Å². The zero-order valence-electron chi connectivity index (χ0n) is 12.4. The lowest BCUT2D eigenvalue weighted by molar-refractivity contribution is 0.0716. The van der Waals surface area contributed by atoms with E-state index in [-0.39, 0.29) is 5.91 Å². The van der Waals surface area contributed by atoms with E-state index in [2.05, 4.69) is 0 Å². The van der Waals surface area contributed by atoms with Gasteiger partial charge in [-0.1, -0.05) is 0 Å². The van der Waals surface area contributed by atoms with Gasteiger partial charge in [0.1, 0.15) is 11.5 Å². The summed E-state index contributed by atoms with van der Waals surface area (Å²) in [7, 11) is 0. The number of carbonyl (C=O) groups excluding carboxylic acids is 1. The van der Waals surface area contributed by atoms with Crippen molar-refractivity contribution < 1.29 is 9.21 Å². The number of furan rings is 1. The molecule has 1 heterocycles. The minimum absolute atomic E-state index is 0.0593. The van der Waals surface area contributed by atoms with Crippen LogP contribution in [0.5, 0.6) is 0 Å². The summed E-state index contributed by atoms with van der Waals surface area (Å²) in [5.41, 5.74) is 8.09. The average molecular weight is 284 g/mol. The van der Waals surface area contributed by atoms with Crippen molar-refractivity contribution in [1.29, 1.82) is 0 Å². The number of carbonyl (C=O) groups is 1. The summed E-state index contributed by atoms with van der Waals surface area (Å²) < 4.78 is 5.61. The first-order valence-electron chi connectivity index (χ1n) is 7.27. The fourth-order valence-electron chi connectivity index (χ4n) is 2.57. The largest absolute Gasteiger partial charge is 0.464 e. The van der Waals surface area contributed by atoms with Crippen molar-refractivity contribution in [3.63, 3.8) is 0 Å². The van der Waals surface area contributed by atoms with E-state index in [1.807, 2.05) is 43.0 Å². The first-order valence-corrected chi connectivity index (χ1v) is 7.27. The number of anilines is 1. The van der Waals surface area contributed by atoms with Gasteiger partial charge in [0.25, 0.3) is 5.91 Å². The molecule has 1 saturated carbocycles. The fraction of sp³-hybridized carbons (Fsp3) is 0.353. The van der Waals surface area contributed by atoms with Gasteiger partial charge in [-0.3, -0.25) is 4.79 Å². The second kappa shape index (κ2) is 5.28. The summed E-state index contributed by atoms with van der Waals surface area (Å²) in [5.74, 6) is 1.77. The third-order valence-electron chi connectivity index (χ3n) is 3.85. The number of amides is 1. The van der Waals surface area contributed by atoms with Crippen LogP contribution in [0.25, 0.3) is 0 Å². The van der Waals surface area contributed by atoms with Gasteiger partial charge in [-0.2, -0.15) is 0 Å². The number of benzene rings is 1. The van der Waals surface area contributed by atoms with Crippen molar-refractivity contribution >= 4 is 11.6 Å². The Morgan fingerprint density at radius 2 is 2.05 bits per heavy atom. The molecule has 110 valence electrons. The van der Waals surface area contributed by atoms with E-state index >= 15 is 0 Å². The van der Waals surface area contributed by atoms with Crippen LogP contribution >= 0.6 is 0 Å². The first kappa shape index (κ1) is 13.7. The summed E-state index contributed by atoms with van der Waals surface area (Å²) in [6.45, 7) is 4.36. The first-order chi connectivity index (χ1) is 10.0. The Balaban J connectivity index is 1.85. The standard InChI is InChI=1S/C17H20N2O2/c1-11-9-13(18)4-8-16(11)17(20)19(14-5-6-14)10-15-7-3-12(2)21-15/h3-4,7-9,14H,5-6,10,18H2,1-2H3. The summed E-state index contributed by atoms with van der Waals surface area (Å²) in [5, 5.41) is 0. The smallest absolute Gasteiger partial charge is 0.254 e. The molecule has 1 aliphatic carbocycles. The average Bonchev–Trinajstić information content (AvgIpc) is 3.19.